The van der Waals surface area contributed by atoms with Gasteiger partial charge in [0.2, 0.25) is 5.91 Å². The van der Waals surface area contributed by atoms with Crippen LogP contribution in [0.25, 0.3) is 0 Å². The molecule has 1 heterocycles. The smallest absolute Gasteiger partial charge is 0.243 e. The van der Waals surface area contributed by atoms with Crippen LogP contribution in [-0.2, 0) is 11.3 Å². The number of likely N-dealkylation sites (N-methyl/N-ethyl adjacent to an activating group) is 1. The summed E-state index contributed by atoms with van der Waals surface area (Å²) in [6, 6.07) is 7.06. The van der Waals surface area contributed by atoms with Crippen LogP contribution >= 0.6 is 0 Å². The Hall–Kier alpha value is -2.15. The lowest BCUT2D eigenvalue weighted by molar-refractivity contribution is -0.127. The van der Waals surface area contributed by atoms with Gasteiger partial charge in [0.1, 0.15) is 12.4 Å². The Labute approximate surface area is 168 Å². The number of guanidine groups is 1. The number of hydrogen-bond donors (Lipinski definition) is 2. The number of nitrogens with zero attached hydrogens (tertiary/aromatic N) is 3. The van der Waals surface area contributed by atoms with E-state index in [1.807, 2.05) is 12.1 Å². The molecule has 1 aromatic rings. The average Bonchev–Trinajstić information content (AvgIpc) is 2.66. The number of likely N-dealkylation sites (tertiary alicyclic amines) is 1. The van der Waals surface area contributed by atoms with Crippen molar-refractivity contribution in [1.29, 1.82) is 0 Å². The molecule has 0 atom stereocenters. The van der Waals surface area contributed by atoms with Gasteiger partial charge in [-0.2, -0.15) is 0 Å². The van der Waals surface area contributed by atoms with Gasteiger partial charge in [0.25, 0.3) is 0 Å². The molecule has 0 unspecified atom stereocenters. The van der Waals surface area contributed by atoms with Crippen molar-refractivity contribution >= 4 is 11.9 Å². The number of carbonyl (C=O) groups is 1. The van der Waals surface area contributed by atoms with Crippen molar-refractivity contribution in [2.75, 3.05) is 40.3 Å². The van der Waals surface area contributed by atoms with E-state index in [4.69, 9.17) is 0 Å². The maximum atomic E-state index is 13.0. The van der Waals surface area contributed by atoms with Gasteiger partial charge in [-0.1, -0.05) is 26.0 Å². The highest BCUT2D eigenvalue weighted by Gasteiger charge is 2.20. The summed E-state index contributed by atoms with van der Waals surface area (Å²) in [6.45, 7) is 8.03. The summed E-state index contributed by atoms with van der Waals surface area (Å²) in [5, 5.41) is 6.83. The molecule has 2 N–H and O–H groups in total. The summed E-state index contributed by atoms with van der Waals surface area (Å²) in [6.07, 6.45) is 2.01. The van der Waals surface area contributed by atoms with Crippen LogP contribution in [0.2, 0.25) is 0 Å². The summed E-state index contributed by atoms with van der Waals surface area (Å²) in [4.78, 5) is 20.2. The van der Waals surface area contributed by atoms with Crippen LogP contribution in [0.3, 0.4) is 0 Å². The second kappa shape index (κ2) is 11.0. The first kappa shape index (κ1) is 22.1. The molecule has 6 nitrogen and oxygen atoms in total. The number of halogens is 1. The van der Waals surface area contributed by atoms with Gasteiger partial charge in [-0.05, 0) is 36.5 Å². The number of nitrogens with one attached hydrogen (secondary N) is 2. The van der Waals surface area contributed by atoms with E-state index in [-0.39, 0.29) is 18.3 Å². The predicted molar refractivity (Wildman–Crippen MR) is 112 cm³/mol. The molecule has 1 saturated heterocycles. The van der Waals surface area contributed by atoms with Crippen LogP contribution in [0, 0.1) is 11.7 Å². The third kappa shape index (κ3) is 7.84. The van der Waals surface area contributed by atoms with E-state index in [0.717, 1.165) is 44.6 Å². The Morgan fingerprint density at radius 1 is 1.25 bits per heavy atom. The van der Waals surface area contributed by atoms with E-state index < -0.39 is 0 Å². The normalized spacial score (nSPS) is 16.3. The van der Waals surface area contributed by atoms with Gasteiger partial charge in [-0.25, -0.2) is 9.38 Å². The largest absolute Gasteiger partial charge is 0.356 e. The number of aliphatic imine (C=N–C) groups is 1. The zero-order valence-corrected chi connectivity index (χ0v) is 17.5. The first-order chi connectivity index (χ1) is 13.3. The first-order valence-corrected chi connectivity index (χ1v) is 10.0. The lowest BCUT2D eigenvalue weighted by Crippen LogP contribution is -2.49. The standard InChI is InChI=1S/C21H34FN5O/c1-16(2)13-23-21(24-14-20(28)26(3)4)25-19-9-11-27(12-10-19)15-17-5-7-18(22)8-6-17/h5-8,16,19H,9-15H2,1-4H3,(H2,23,24,25). The molecule has 28 heavy (non-hydrogen) atoms. The molecule has 0 aliphatic carbocycles. The lowest BCUT2D eigenvalue weighted by atomic mass is 10.0. The molecule has 1 aromatic carbocycles. The summed E-state index contributed by atoms with van der Waals surface area (Å²) < 4.78 is 13.0. The van der Waals surface area contributed by atoms with Gasteiger partial charge in [0.15, 0.2) is 5.96 Å². The highest BCUT2D eigenvalue weighted by atomic mass is 19.1. The maximum absolute atomic E-state index is 13.0. The van der Waals surface area contributed by atoms with Crippen molar-refractivity contribution in [3.05, 3.63) is 35.6 Å². The van der Waals surface area contributed by atoms with Gasteiger partial charge in [-0.3, -0.25) is 9.69 Å². The minimum absolute atomic E-state index is 0.0141. The third-order valence-electron chi connectivity index (χ3n) is 4.80. The van der Waals surface area contributed by atoms with Crippen LogP contribution in [0.5, 0.6) is 0 Å². The zero-order chi connectivity index (χ0) is 20.5. The molecule has 1 amide bonds. The van der Waals surface area contributed by atoms with Gasteiger partial charge < -0.3 is 15.5 Å². The molecule has 156 valence electrons. The second-order valence-electron chi connectivity index (χ2n) is 8.05. The summed E-state index contributed by atoms with van der Waals surface area (Å²) in [7, 11) is 3.48. The molecule has 0 radical (unpaired) electrons. The van der Waals surface area contributed by atoms with Crippen molar-refractivity contribution in [2.24, 2.45) is 10.9 Å². The quantitative estimate of drug-likeness (QED) is 0.552. The zero-order valence-electron chi connectivity index (χ0n) is 17.5. The van der Waals surface area contributed by atoms with Crippen molar-refractivity contribution in [2.45, 2.75) is 39.3 Å². The number of amides is 1. The Morgan fingerprint density at radius 2 is 1.89 bits per heavy atom. The fraction of sp³-hybridized carbons (Fsp3) is 0.619. The van der Waals surface area contributed by atoms with Crippen molar-refractivity contribution in [1.82, 2.24) is 20.4 Å². The van der Waals surface area contributed by atoms with Crippen LogP contribution in [0.15, 0.2) is 29.3 Å². The highest BCUT2D eigenvalue weighted by molar-refractivity contribution is 5.84. The van der Waals surface area contributed by atoms with Crippen molar-refractivity contribution < 1.29 is 9.18 Å². The topological polar surface area (TPSA) is 60.0 Å². The van der Waals surface area contributed by atoms with E-state index in [0.29, 0.717) is 17.9 Å². The molecule has 1 aliphatic rings. The summed E-state index contributed by atoms with van der Waals surface area (Å²) in [5.41, 5.74) is 1.14. The highest BCUT2D eigenvalue weighted by Crippen LogP contribution is 2.14. The predicted octanol–water partition coefficient (Wildman–Crippen LogP) is 2.07. The van der Waals surface area contributed by atoms with Crippen LogP contribution < -0.4 is 10.6 Å². The fourth-order valence-electron chi connectivity index (χ4n) is 3.02. The van der Waals surface area contributed by atoms with Crippen molar-refractivity contribution in [3.63, 3.8) is 0 Å². The van der Waals surface area contributed by atoms with Crippen LogP contribution in [-0.4, -0.2) is 68.0 Å². The van der Waals surface area contributed by atoms with E-state index in [9.17, 15) is 9.18 Å². The van der Waals surface area contributed by atoms with Crippen LogP contribution in [0.4, 0.5) is 4.39 Å². The van der Waals surface area contributed by atoms with Gasteiger partial charge in [0, 0.05) is 46.3 Å². The second-order valence-corrected chi connectivity index (χ2v) is 8.05. The summed E-state index contributed by atoms with van der Waals surface area (Å²) in [5.74, 6) is 0.995. The first-order valence-electron chi connectivity index (χ1n) is 10.0. The molecule has 1 aliphatic heterocycles. The molecular formula is C21H34FN5O. The van der Waals surface area contributed by atoms with Gasteiger partial charge >= 0.3 is 0 Å². The molecule has 1 fully saturated rings. The number of hydrogen-bond acceptors (Lipinski definition) is 3. The van der Waals surface area contributed by atoms with E-state index in [2.05, 4.69) is 34.4 Å². The Bertz CT molecular complexity index is 637. The molecule has 7 heteroatoms. The minimum atomic E-state index is -0.194. The number of carbonyl (C=O) groups excluding carboxylic acids is 1. The van der Waals surface area contributed by atoms with E-state index >= 15 is 0 Å². The van der Waals surface area contributed by atoms with Crippen LogP contribution in [0.1, 0.15) is 32.3 Å². The fourth-order valence-corrected chi connectivity index (χ4v) is 3.02. The van der Waals surface area contributed by atoms with E-state index in [1.54, 1.807) is 19.0 Å². The Kier molecular flexibility index (Phi) is 8.70. The minimum Gasteiger partial charge on any atom is -0.356 e. The van der Waals surface area contributed by atoms with E-state index in [1.165, 1.54) is 12.1 Å². The maximum Gasteiger partial charge on any atom is 0.243 e. The SMILES string of the molecule is CC(C)CNC(=NCC(=O)N(C)C)NC1CCN(Cc2ccc(F)cc2)CC1. The van der Waals surface area contributed by atoms with Gasteiger partial charge in [0.05, 0.1) is 0 Å². The molecular weight excluding hydrogens is 357 g/mol. The monoisotopic (exact) mass is 391 g/mol. The molecule has 0 spiro atoms. The number of rotatable bonds is 7. The molecule has 2 rings (SSSR count). The van der Waals surface area contributed by atoms with Gasteiger partial charge in [-0.15, -0.1) is 0 Å². The average molecular weight is 392 g/mol. The third-order valence-corrected chi connectivity index (χ3v) is 4.80. The molecule has 0 bridgehead atoms. The summed E-state index contributed by atoms with van der Waals surface area (Å²) >= 11 is 0. The lowest BCUT2D eigenvalue weighted by Gasteiger charge is -2.33. The Morgan fingerprint density at radius 3 is 2.46 bits per heavy atom. The number of benzene rings is 1. The number of piperidine rings is 1. The molecule has 0 aromatic heterocycles. The Balaban J connectivity index is 1.84. The molecule has 0 saturated carbocycles. The van der Waals surface area contributed by atoms with Crippen molar-refractivity contribution in [3.8, 4) is 0 Å².